The molecule has 0 saturated heterocycles. The molecule has 1 aromatic carbocycles. The van der Waals surface area contributed by atoms with Crippen molar-refractivity contribution in [3.63, 3.8) is 0 Å². The van der Waals surface area contributed by atoms with Crippen molar-refractivity contribution in [1.29, 1.82) is 0 Å². The van der Waals surface area contributed by atoms with Gasteiger partial charge in [0.15, 0.2) is 0 Å². The SMILES string of the molecule is CCSc1cc(Br)ccc1-c1nc2cc(C(F)(F)F)[nH]c(=O)c2n1C. The highest BCUT2D eigenvalue weighted by atomic mass is 79.9. The van der Waals surface area contributed by atoms with E-state index in [9.17, 15) is 18.0 Å². The Morgan fingerprint density at radius 2 is 2.04 bits per heavy atom. The summed E-state index contributed by atoms with van der Waals surface area (Å²) in [6.07, 6.45) is -4.63. The minimum Gasteiger partial charge on any atom is -0.323 e. The van der Waals surface area contributed by atoms with Crippen molar-refractivity contribution in [1.82, 2.24) is 14.5 Å². The largest absolute Gasteiger partial charge is 0.431 e. The standard InChI is InChI=1S/C16H13BrF3N3OS/c1-3-25-11-6-8(17)4-5-9(11)14-21-10-7-12(16(18,19)20)22-15(24)13(10)23(14)2/h4-7H,3H2,1-2H3,(H,22,24). The molecule has 0 fully saturated rings. The van der Waals surface area contributed by atoms with Crippen LogP contribution in [0.25, 0.3) is 22.4 Å². The van der Waals surface area contributed by atoms with Crippen molar-refractivity contribution in [3.05, 3.63) is 44.8 Å². The van der Waals surface area contributed by atoms with E-state index in [4.69, 9.17) is 0 Å². The van der Waals surface area contributed by atoms with E-state index in [0.29, 0.717) is 5.82 Å². The van der Waals surface area contributed by atoms with Crippen LogP contribution >= 0.6 is 27.7 Å². The molecule has 4 nitrogen and oxygen atoms in total. The van der Waals surface area contributed by atoms with Gasteiger partial charge in [-0.1, -0.05) is 22.9 Å². The monoisotopic (exact) mass is 431 g/mol. The topological polar surface area (TPSA) is 50.7 Å². The number of alkyl halides is 3. The second kappa shape index (κ2) is 6.53. The lowest BCUT2D eigenvalue weighted by Gasteiger charge is -2.09. The van der Waals surface area contributed by atoms with Gasteiger partial charge in [0.25, 0.3) is 5.56 Å². The minimum absolute atomic E-state index is 0.0175. The van der Waals surface area contributed by atoms with Crippen molar-refractivity contribution in [2.24, 2.45) is 7.05 Å². The molecule has 25 heavy (non-hydrogen) atoms. The smallest absolute Gasteiger partial charge is 0.323 e. The first-order chi connectivity index (χ1) is 11.7. The Balaban J connectivity index is 2.27. The lowest BCUT2D eigenvalue weighted by molar-refractivity contribution is -0.141. The highest BCUT2D eigenvalue weighted by Gasteiger charge is 2.33. The second-order valence-electron chi connectivity index (χ2n) is 5.31. The summed E-state index contributed by atoms with van der Waals surface area (Å²) in [5.74, 6) is 1.27. The Morgan fingerprint density at radius 1 is 1.32 bits per heavy atom. The highest BCUT2D eigenvalue weighted by molar-refractivity contribution is 9.10. The van der Waals surface area contributed by atoms with Gasteiger partial charge in [0, 0.05) is 22.0 Å². The van der Waals surface area contributed by atoms with Crippen molar-refractivity contribution in [3.8, 4) is 11.4 Å². The first-order valence-corrected chi connectivity index (χ1v) is 9.10. The maximum atomic E-state index is 12.9. The molecule has 132 valence electrons. The van der Waals surface area contributed by atoms with Gasteiger partial charge in [-0.15, -0.1) is 11.8 Å². The quantitative estimate of drug-likeness (QED) is 0.604. The predicted octanol–water partition coefficient (Wildman–Crippen LogP) is 4.82. The summed E-state index contributed by atoms with van der Waals surface area (Å²) >= 11 is 5.01. The summed E-state index contributed by atoms with van der Waals surface area (Å²) in [4.78, 5) is 19.3. The lowest BCUT2D eigenvalue weighted by atomic mass is 10.2. The number of aromatic amines is 1. The van der Waals surface area contributed by atoms with Gasteiger partial charge in [-0.3, -0.25) is 4.79 Å². The molecule has 0 bridgehead atoms. The Labute approximate surface area is 153 Å². The van der Waals surface area contributed by atoms with E-state index in [2.05, 4.69) is 20.9 Å². The molecule has 2 heterocycles. The lowest BCUT2D eigenvalue weighted by Crippen LogP contribution is -2.17. The summed E-state index contributed by atoms with van der Waals surface area (Å²) in [7, 11) is 1.62. The third-order valence-electron chi connectivity index (χ3n) is 3.66. The van der Waals surface area contributed by atoms with Crippen LogP contribution < -0.4 is 5.56 Å². The molecular formula is C16H13BrF3N3OS. The number of benzene rings is 1. The molecule has 0 spiro atoms. The normalized spacial score (nSPS) is 12.1. The molecule has 3 aromatic rings. The molecular weight excluding hydrogens is 419 g/mol. The number of rotatable bonds is 3. The zero-order chi connectivity index (χ0) is 18.4. The third kappa shape index (κ3) is 3.35. The number of halogens is 4. The van der Waals surface area contributed by atoms with Crippen molar-refractivity contribution in [2.45, 2.75) is 18.0 Å². The Bertz CT molecular complexity index is 1010. The number of thioether (sulfide) groups is 1. The fraction of sp³-hybridized carbons (Fsp3) is 0.250. The van der Waals surface area contributed by atoms with Gasteiger partial charge in [0.05, 0.1) is 5.52 Å². The van der Waals surface area contributed by atoms with E-state index < -0.39 is 17.4 Å². The molecule has 2 aromatic heterocycles. The summed E-state index contributed by atoms with van der Waals surface area (Å²) in [6.45, 7) is 2.00. The van der Waals surface area contributed by atoms with Gasteiger partial charge in [-0.05, 0) is 30.0 Å². The van der Waals surface area contributed by atoms with Crippen molar-refractivity contribution >= 4 is 38.7 Å². The summed E-state index contributed by atoms with van der Waals surface area (Å²) in [5.41, 5.74) is -1.02. The number of H-pyrrole nitrogens is 1. The summed E-state index contributed by atoms with van der Waals surface area (Å²) < 4.78 is 41.2. The zero-order valence-electron chi connectivity index (χ0n) is 13.2. The van der Waals surface area contributed by atoms with Gasteiger partial charge in [-0.2, -0.15) is 13.2 Å². The molecule has 0 saturated carbocycles. The molecule has 0 atom stereocenters. The number of hydrogen-bond acceptors (Lipinski definition) is 3. The van der Waals surface area contributed by atoms with E-state index in [0.717, 1.165) is 26.8 Å². The molecule has 0 radical (unpaired) electrons. The van der Waals surface area contributed by atoms with Crippen LogP contribution in [-0.4, -0.2) is 20.3 Å². The maximum Gasteiger partial charge on any atom is 0.431 e. The second-order valence-corrected chi connectivity index (χ2v) is 7.53. The van der Waals surface area contributed by atoms with Crippen molar-refractivity contribution < 1.29 is 13.2 Å². The van der Waals surface area contributed by atoms with Crippen LogP contribution in [0.15, 0.2) is 38.4 Å². The van der Waals surface area contributed by atoms with E-state index in [1.165, 1.54) is 4.57 Å². The fourth-order valence-corrected chi connectivity index (χ4v) is 3.94. The number of nitrogens with one attached hydrogen (secondary N) is 1. The number of aryl methyl sites for hydroxylation is 1. The summed E-state index contributed by atoms with van der Waals surface area (Å²) in [5, 5.41) is 0. The Kier molecular flexibility index (Phi) is 4.72. The minimum atomic E-state index is -4.63. The molecule has 9 heteroatoms. The average molecular weight is 432 g/mol. The number of imidazole rings is 1. The highest BCUT2D eigenvalue weighted by Crippen LogP contribution is 2.35. The van der Waals surface area contributed by atoms with Gasteiger partial charge >= 0.3 is 6.18 Å². The van der Waals surface area contributed by atoms with Gasteiger partial charge in [-0.25, -0.2) is 4.98 Å². The van der Waals surface area contributed by atoms with E-state index >= 15 is 0 Å². The van der Waals surface area contributed by atoms with Crippen LogP contribution in [0.2, 0.25) is 0 Å². The first kappa shape index (κ1) is 18.1. The van der Waals surface area contributed by atoms with Gasteiger partial charge in [0.2, 0.25) is 0 Å². The van der Waals surface area contributed by atoms with Crippen LogP contribution in [0.1, 0.15) is 12.6 Å². The van der Waals surface area contributed by atoms with Crippen LogP contribution in [0.3, 0.4) is 0 Å². The Hall–Kier alpha value is -1.74. The maximum absolute atomic E-state index is 12.9. The Morgan fingerprint density at radius 3 is 2.68 bits per heavy atom. The van der Waals surface area contributed by atoms with E-state index in [1.807, 2.05) is 30.1 Å². The fourth-order valence-electron chi connectivity index (χ4n) is 2.59. The number of fused-ring (bicyclic) bond motifs is 1. The predicted molar refractivity (Wildman–Crippen MR) is 95.9 cm³/mol. The molecule has 0 unspecified atom stereocenters. The van der Waals surface area contributed by atoms with Gasteiger partial charge in [0.1, 0.15) is 17.0 Å². The van der Waals surface area contributed by atoms with Crippen LogP contribution in [0, 0.1) is 0 Å². The molecule has 0 aliphatic heterocycles. The van der Waals surface area contributed by atoms with Crippen LogP contribution in [0.4, 0.5) is 13.2 Å². The number of aromatic nitrogens is 3. The van der Waals surface area contributed by atoms with E-state index in [-0.39, 0.29) is 11.0 Å². The first-order valence-electron chi connectivity index (χ1n) is 7.32. The third-order valence-corrected chi connectivity index (χ3v) is 5.09. The zero-order valence-corrected chi connectivity index (χ0v) is 15.6. The average Bonchev–Trinajstić information content (AvgIpc) is 2.84. The molecule has 0 aliphatic rings. The molecule has 3 rings (SSSR count). The van der Waals surface area contributed by atoms with Crippen LogP contribution in [0.5, 0.6) is 0 Å². The number of hydrogen-bond donors (Lipinski definition) is 1. The molecule has 0 aliphatic carbocycles. The van der Waals surface area contributed by atoms with Gasteiger partial charge < -0.3 is 9.55 Å². The van der Waals surface area contributed by atoms with Crippen LogP contribution in [-0.2, 0) is 13.2 Å². The summed E-state index contributed by atoms with van der Waals surface area (Å²) in [6, 6.07) is 6.46. The van der Waals surface area contributed by atoms with Crippen molar-refractivity contribution in [2.75, 3.05) is 5.75 Å². The molecule has 1 N–H and O–H groups in total. The number of nitrogens with zero attached hydrogens (tertiary/aromatic N) is 2. The molecule has 0 amide bonds. The van der Waals surface area contributed by atoms with E-state index in [1.54, 1.807) is 18.8 Å². The number of pyridine rings is 1.